The number of aliphatic hydroxyl groups excluding tert-OH is 1. The van der Waals surface area contributed by atoms with Gasteiger partial charge in [-0.1, -0.05) is 49.6 Å². The number of rotatable bonds is 12. The van der Waals surface area contributed by atoms with Gasteiger partial charge in [0.1, 0.15) is 11.9 Å². The quantitative estimate of drug-likeness (QED) is 0.199. The van der Waals surface area contributed by atoms with Gasteiger partial charge in [0.25, 0.3) is 15.9 Å². The summed E-state index contributed by atoms with van der Waals surface area (Å²) in [7, 11) is -4.29. The van der Waals surface area contributed by atoms with Crippen molar-refractivity contribution in [2.75, 3.05) is 13.1 Å². The van der Waals surface area contributed by atoms with Crippen molar-refractivity contribution in [3.05, 3.63) is 53.8 Å². The van der Waals surface area contributed by atoms with Crippen LogP contribution in [-0.2, 0) is 26.2 Å². The van der Waals surface area contributed by atoms with E-state index >= 15 is 0 Å². The number of sulfonamides is 1. The van der Waals surface area contributed by atoms with Gasteiger partial charge >= 0.3 is 0 Å². The SMILES string of the molecule is C[C@H](O)C(=O)NS(=O)(=O)c1ccccc1-c1ccc(CNCCC(=O)NC[C@H](S)C2CCCCC2)c(F)c1. The highest BCUT2D eigenvalue weighted by Gasteiger charge is 2.24. The molecule has 8 nitrogen and oxygen atoms in total. The topological polar surface area (TPSA) is 125 Å². The molecule has 2 aromatic carbocycles. The lowest BCUT2D eigenvalue weighted by molar-refractivity contribution is -0.126. The first-order valence-electron chi connectivity index (χ1n) is 12.9. The van der Waals surface area contributed by atoms with Crippen molar-refractivity contribution in [2.45, 2.75) is 68.2 Å². The number of aliphatic hydroxyl groups is 1. The monoisotopic (exact) mass is 565 g/mol. The van der Waals surface area contributed by atoms with E-state index in [2.05, 4.69) is 23.3 Å². The molecule has 4 N–H and O–H groups in total. The normalized spacial score (nSPS) is 16.0. The Hall–Kier alpha value is -2.47. The molecule has 1 aliphatic carbocycles. The number of halogens is 1. The number of carbonyl (C=O) groups excluding carboxylic acids is 2. The molecular formula is C27H36FN3O5S2. The molecular weight excluding hydrogens is 529 g/mol. The average molecular weight is 566 g/mol. The highest BCUT2D eigenvalue weighted by molar-refractivity contribution is 7.90. The molecule has 11 heteroatoms. The van der Waals surface area contributed by atoms with Crippen molar-refractivity contribution in [2.24, 2.45) is 5.92 Å². The van der Waals surface area contributed by atoms with Crippen LogP contribution in [0.25, 0.3) is 11.1 Å². The molecule has 0 spiro atoms. The number of hydrogen-bond acceptors (Lipinski definition) is 7. The fourth-order valence-corrected chi connectivity index (χ4v) is 6.16. The van der Waals surface area contributed by atoms with E-state index in [4.69, 9.17) is 0 Å². The summed E-state index contributed by atoms with van der Waals surface area (Å²) in [4.78, 5) is 23.7. The lowest BCUT2D eigenvalue weighted by Gasteiger charge is -2.27. The Morgan fingerprint density at radius 1 is 1.13 bits per heavy atom. The molecule has 0 radical (unpaired) electrons. The fourth-order valence-electron chi connectivity index (χ4n) is 4.49. The second-order valence-electron chi connectivity index (χ2n) is 9.64. The Labute approximate surface area is 229 Å². The highest BCUT2D eigenvalue weighted by atomic mass is 32.2. The Bertz CT molecular complexity index is 1220. The third-order valence-corrected chi connectivity index (χ3v) is 8.71. The van der Waals surface area contributed by atoms with E-state index in [0.717, 1.165) is 19.8 Å². The lowest BCUT2D eigenvalue weighted by atomic mass is 9.86. The maximum Gasteiger partial charge on any atom is 0.264 e. The Morgan fingerprint density at radius 3 is 2.53 bits per heavy atom. The molecule has 38 heavy (non-hydrogen) atoms. The zero-order chi connectivity index (χ0) is 27.7. The zero-order valence-electron chi connectivity index (χ0n) is 21.5. The van der Waals surface area contributed by atoms with Crippen LogP contribution >= 0.6 is 12.6 Å². The molecule has 0 bridgehead atoms. The first-order valence-corrected chi connectivity index (χ1v) is 14.9. The number of carbonyl (C=O) groups is 2. The Balaban J connectivity index is 1.53. The second kappa shape index (κ2) is 14.1. The van der Waals surface area contributed by atoms with E-state index in [1.54, 1.807) is 18.2 Å². The van der Waals surface area contributed by atoms with Gasteiger partial charge < -0.3 is 15.7 Å². The lowest BCUT2D eigenvalue weighted by Crippen LogP contribution is -2.37. The first-order chi connectivity index (χ1) is 18.1. The smallest absolute Gasteiger partial charge is 0.264 e. The molecule has 0 heterocycles. The first kappa shape index (κ1) is 30.1. The van der Waals surface area contributed by atoms with Crippen molar-refractivity contribution in [3.8, 4) is 11.1 Å². The van der Waals surface area contributed by atoms with Crippen molar-refractivity contribution in [1.82, 2.24) is 15.4 Å². The zero-order valence-corrected chi connectivity index (χ0v) is 23.2. The summed E-state index contributed by atoms with van der Waals surface area (Å²) in [5, 5.41) is 15.5. The number of benzene rings is 2. The van der Waals surface area contributed by atoms with Gasteiger partial charge in [0, 0.05) is 42.4 Å². The van der Waals surface area contributed by atoms with E-state index in [9.17, 15) is 27.5 Å². The van der Waals surface area contributed by atoms with Crippen LogP contribution in [0.15, 0.2) is 47.4 Å². The van der Waals surface area contributed by atoms with Gasteiger partial charge in [0.05, 0.1) is 4.90 Å². The largest absolute Gasteiger partial charge is 0.384 e. The van der Waals surface area contributed by atoms with E-state index in [1.165, 1.54) is 43.5 Å². The Morgan fingerprint density at radius 2 is 1.84 bits per heavy atom. The van der Waals surface area contributed by atoms with Gasteiger partial charge in [-0.25, -0.2) is 17.5 Å². The standard InChI is InChI=1S/C27H36FN3O5S2/c1-18(32)27(34)31-38(35,36)25-10-6-5-9-22(25)20-11-12-21(23(28)15-20)16-29-14-13-26(33)30-17-24(37)19-7-3-2-4-8-19/h5-6,9-12,15,18-19,24,29,32,37H,2-4,7-8,13-14,16-17H2,1H3,(H,30,33)(H,31,34)/t18-,24-/m0/s1. The Kier molecular flexibility index (Phi) is 11.1. The van der Waals surface area contributed by atoms with E-state index < -0.39 is 27.9 Å². The molecule has 208 valence electrons. The molecule has 0 aromatic heterocycles. The third-order valence-electron chi connectivity index (χ3n) is 6.70. The average Bonchev–Trinajstić information content (AvgIpc) is 2.90. The second-order valence-corrected chi connectivity index (χ2v) is 12.0. The van der Waals surface area contributed by atoms with Crippen LogP contribution in [0.3, 0.4) is 0 Å². The van der Waals surface area contributed by atoms with Crippen LogP contribution < -0.4 is 15.4 Å². The summed E-state index contributed by atoms with van der Waals surface area (Å²) < 4.78 is 42.1. The summed E-state index contributed by atoms with van der Waals surface area (Å²) in [6.07, 6.45) is 4.81. The molecule has 1 aliphatic rings. The van der Waals surface area contributed by atoms with Crippen molar-refractivity contribution in [3.63, 3.8) is 0 Å². The predicted molar refractivity (Wildman–Crippen MR) is 148 cm³/mol. The molecule has 3 rings (SSSR count). The van der Waals surface area contributed by atoms with Gasteiger partial charge in [-0.2, -0.15) is 12.6 Å². The van der Waals surface area contributed by atoms with Crippen LogP contribution in [0.1, 0.15) is 51.0 Å². The number of thiol groups is 1. The van der Waals surface area contributed by atoms with E-state index in [1.807, 2.05) is 4.72 Å². The van der Waals surface area contributed by atoms with Crippen molar-refractivity contribution < 1.29 is 27.5 Å². The molecule has 0 unspecified atom stereocenters. The highest BCUT2D eigenvalue weighted by Crippen LogP contribution is 2.29. The minimum Gasteiger partial charge on any atom is -0.384 e. The molecule has 2 atom stereocenters. The number of amides is 2. The predicted octanol–water partition coefficient (Wildman–Crippen LogP) is 3.15. The fraction of sp³-hybridized carbons (Fsp3) is 0.481. The van der Waals surface area contributed by atoms with Crippen LogP contribution in [0.4, 0.5) is 4.39 Å². The third kappa shape index (κ3) is 8.52. The summed E-state index contributed by atoms with van der Waals surface area (Å²) in [6.45, 7) is 2.27. The van der Waals surface area contributed by atoms with Gasteiger partial charge in [-0.3, -0.25) is 9.59 Å². The molecule has 0 saturated heterocycles. The summed E-state index contributed by atoms with van der Waals surface area (Å²) in [5.74, 6) is -1.13. The molecule has 2 aromatic rings. The summed E-state index contributed by atoms with van der Waals surface area (Å²) >= 11 is 4.66. The van der Waals surface area contributed by atoms with Crippen LogP contribution in [0.5, 0.6) is 0 Å². The maximum atomic E-state index is 14.9. The molecule has 2 amide bonds. The van der Waals surface area contributed by atoms with Gasteiger partial charge in [-0.15, -0.1) is 0 Å². The van der Waals surface area contributed by atoms with Gasteiger partial charge in [0.15, 0.2) is 0 Å². The molecule has 1 saturated carbocycles. The van der Waals surface area contributed by atoms with Crippen LogP contribution in [0.2, 0.25) is 0 Å². The summed E-state index contributed by atoms with van der Waals surface area (Å²) in [6, 6.07) is 10.3. The van der Waals surface area contributed by atoms with Gasteiger partial charge in [0.2, 0.25) is 5.91 Å². The molecule has 0 aliphatic heterocycles. The molecule has 1 fully saturated rings. The van der Waals surface area contributed by atoms with E-state index in [-0.39, 0.29) is 34.6 Å². The van der Waals surface area contributed by atoms with E-state index in [0.29, 0.717) is 30.1 Å². The van der Waals surface area contributed by atoms with Gasteiger partial charge in [-0.05, 0) is 43.4 Å². The van der Waals surface area contributed by atoms with Crippen molar-refractivity contribution in [1.29, 1.82) is 0 Å². The minimum atomic E-state index is -4.29. The number of nitrogens with one attached hydrogen (secondary N) is 3. The van der Waals surface area contributed by atoms with Crippen molar-refractivity contribution >= 4 is 34.5 Å². The minimum absolute atomic E-state index is 0.0799. The summed E-state index contributed by atoms with van der Waals surface area (Å²) in [5.41, 5.74) is 0.893. The maximum absolute atomic E-state index is 14.9. The van der Waals surface area contributed by atoms with Crippen LogP contribution in [-0.4, -0.2) is 49.8 Å². The van der Waals surface area contributed by atoms with Crippen LogP contribution in [0, 0.1) is 11.7 Å². The number of hydrogen-bond donors (Lipinski definition) is 5.